The number of carbonyl (C=O) groups is 1. The third-order valence-electron chi connectivity index (χ3n) is 7.35. The molecule has 5 rings (SSSR count). The highest BCUT2D eigenvalue weighted by Crippen LogP contribution is 2.31. The first-order valence-electron chi connectivity index (χ1n) is 13.1. The Kier molecular flexibility index (Phi) is 7.82. The van der Waals surface area contributed by atoms with E-state index in [1.807, 2.05) is 24.0 Å². The molecule has 1 heterocycles. The number of benzene rings is 4. The third-order valence-corrected chi connectivity index (χ3v) is 9.14. The van der Waals surface area contributed by atoms with Gasteiger partial charge in [0.2, 0.25) is 0 Å². The summed E-state index contributed by atoms with van der Waals surface area (Å²) in [4.78, 5) is 18.2. The van der Waals surface area contributed by atoms with E-state index in [0.29, 0.717) is 37.4 Å². The van der Waals surface area contributed by atoms with Gasteiger partial charge in [-0.3, -0.25) is 14.0 Å². The van der Waals surface area contributed by atoms with Crippen molar-refractivity contribution in [1.29, 1.82) is 0 Å². The number of nitrogens with zero attached hydrogens (tertiary/aromatic N) is 3. The van der Waals surface area contributed by atoms with Gasteiger partial charge in [-0.05, 0) is 42.3 Å². The predicted molar refractivity (Wildman–Crippen MR) is 155 cm³/mol. The summed E-state index contributed by atoms with van der Waals surface area (Å²) in [5, 5.41) is 0. The summed E-state index contributed by atoms with van der Waals surface area (Å²) < 4.78 is 28.0. The minimum Gasteiger partial charge on any atom is -0.336 e. The largest absolute Gasteiger partial charge is 0.336 e. The zero-order chi connectivity index (χ0) is 27.4. The van der Waals surface area contributed by atoms with Crippen LogP contribution < -0.4 is 4.31 Å². The quantitative estimate of drug-likeness (QED) is 0.317. The molecular weight excluding hydrogens is 506 g/mol. The standard InChI is InChI=1S/C32H33N3O3S/c1-25-17-19-28(20-18-25)39(37,38)33(2)30-16-10-9-15-29(30)32(36)35-23-21-34(22-24-35)31(26-11-5-3-6-12-26)27-13-7-4-8-14-27/h3-20,31H,21-24H2,1-2H3. The average molecular weight is 540 g/mol. The zero-order valence-corrected chi connectivity index (χ0v) is 23.1. The molecule has 0 atom stereocenters. The Bertz CT molecular complexity index is 1480. The van der Waals surface area contributed by atoms with E-state index in [-0.39, 0.29) is 16.8 Å². The monoisotopic (exact) mass is 539 g/mol. The van der Waals surface area contributed by atoms with Gasteiger partial charge in [0.25, 0.3) is 15.9 Å². The number of sulfonamides is 1. The number of hydrogen-bond acceptors (Lipinski definition) is 4. The van der Waals surface area contributed by atoms with E-state index in [2.05, 4.69) is 53.4 Å². The molecule has 0 unspecified atom stereocenters. The molecule has 6 nitrogen and oxygen atoms in total. The van der Waals surface area contributed by atoms with Gasteiger partial charge in [-0.25, -0.2) is 8.42 Å². The van der Waals surface area contributed by atoms with Crippen molar-refractivity contribution in [2.75, 3.05) is 37.5 Å². The smallest absolute Gasteiger partial charge is 0.264 e. The van der Waals surface area contributed by atoms with Crippen LogP contribution in [-0.2, 0) is 10.0 Å². The van der Waals surface area contributed by atoms with Crippen molar-refractivity contribution in [3.63, 3.8) is 0 Å². The second kappa shape index (κ2) is 11.4. The topological polar surface area (TPSA) is 60.9 Å². The van der Waals surface area contributed by atoms with Crippen LogP contribution in [0.2, 0.25) is 0 Å². The van der Waals surface area contributed by atoms with Gasteiger partial charge in [0.1, 0.15) is 0 Å². The molecule has 1 fully saturated rings. The minimum absolute atomic E-state index is 0.0997. The molecule has 1 aliphatic rings. The summed E-state index contributed by atoms with van der Waals surface area (Å²) in [7, 11) is -2.32. The van der Waals surface area contributed by atoms with Crippen molar-refractivity contribution in [2.45, 2.75) is 17.9 Å². The van der Waals surface area contributed by atoms with Crippen molar-refractivity contribution in [1.82, 2.24) is 9.80 Å². The Morgan fingerprint density at radius 1 is 0.718 bits per heavy atom. The van der Waals surface area contributed by atoms with Gasteiger partial charge < -0.3 is 4.90 Å². The molecule has 7 heteroatoms. The van der Waals surface area contributed by atoms with Crippen LogP contribution in [-0.4, -0.2) is 57.4 Å². The highest BCUT2D eigenvalue weighted by molar-refractivity contribution is 7.92. The number of carbonyl (C=O) groups excluding carboxylic acids is 1. The maximum absolute atomic E-state index is 13.7. The average Bonchev–Trinajstić information content (AvgIpc) is 2.98. The van der Waals surface area contributed by atoms with Gasteiger partial charge in [-0.1, -0.05) is 90.5 Å². The number of amides is 1. The second-order valence-corrected chi connectivity index (χ2v) is 11.8. The molecule has 1 amide bonds. The summed E-state index contributed by atoms with van der Waals surface area (Å²) in [6.45, 7) is 4.44. The molecule has 39 heavy (non-hydrogen) atoms. The van der Waals surface area contributed by atoms with Gasteiger partial charge in [-0.2, -0.15) is 0 Å². The Hall–Kier alpha value is -3.94. The summed E-state index contributed by atoms with van der Waals surface area (Å²) in [5.41, 5.74) is 4.17. The molecule has 1 saturated heterocycles. The highest BCUT2D eigenvalue weighted by Gasteiger charge is 2.31. The number of rotatable bonds is 7. The summed E-state index contributed by atoms with van der Waals surface area (Å²) in [6.07, 6.45) is 0. The van der Waals surface area contributed by atoms with E-state index in [0.717, 1.165) is 5.56 Å². The maximum Gasteiger partial charge on any atom is 0.264 e. The van der Waals surface area contributed by atoms with Crippen molar-refractivity contribution in [3.05, 3.63) is 131 Å². The van der Waals surface area contributed by atoms with E-state index in [9.17, 15) is 13.2 Å². The van der Waals surface area contributed by atoms with E-state index < -0.39 is 10.0 Å². The molecular formula is C32H33N3O3S. The Balaban J connectivity index is 1.35. The van der Waals surface area contributed by atoms with Gasteiger partial charge >= 0.3 is 0 Å². The Morgan fingerprint density at radius 3 is 1.79 bits per heavy atom. The molecule has 200 valence electrons. The summed E-state index contributed by atoms with van der Waals surface area (Å²) >= 11 is 0. The summed E-state index contributed by atoms with van der Waals surface area (Å²) in [6, 6.07) is 34.7. The lowest BCUT2D eigenvalue weighted by atomic mass is 9.96. The predicted octanol–water partition coefficient (Wildman–Crippen LogP) is 5.37. The fourth-order valence-electron chi connectivity index (χ4n) is 5.17. The number of anilines is 1. The number of piperazine rings is 1. The molecule has 0 aromatic heterocycles. The molecule has 4 aromatic rings. The zero-order valence-electron chi connectivity index (χ0n) is 22.3. The van der Waals surface area contributed by atoms with Crippen molar-refractivity contribution in [2.24, 2.45) is 0 Å². The molecule has 0 aliphatic carbocycles. The first-order valence-corrected chi connectivity index (χ1v) is 14.6. The van der Waals surface area contributed by atoms with Crippen LogP contribution in [0, 0.1) is 6.92 Å². The maximum atomic E-state index is 13.7. The minimum atomic E-state index is -3.82. The van der Waals surface area contributed by atoms with Crippen LogP contribution in [0.4, 0.5) is 5.69 Å². The SMILES string of the molecule is Cc1ccc(S(=O)(=O)N(C)c2ccccc2C(=O)N2CCN(C(c3ccccc3)c3ccccc3)CC2)cc1. The lowest BCUT2D eigenvalue weighted by Gasteiger charge is -2.40. The van der Waals surface area contributed by atoms with E-state index in [1.54, 1.807) is 48.5 Å². The third kappa shape index (κ3) is 5.60. The van der Waals surface area contributed by atoms with Crippen molar-refractivity contribution >= 4 is 21.6 Å². The van der Waals surface area contributed by atoms with Crippen LogP contribution in [0.15, 0.2) is 114 Å². The molecule has 0 radical (unpaired) electrons. The first-order chi connectivity index (χ1) is 18.9. The van der Waals surface area contributed by atoms with Gasteiger partial charge in [-0.15, -0.1) is 0 Å². The van der Waals surface area contributed by atoms with Gasteiger partial charge in [0, 0.05) is 33.2 Å². The lowest BCUT2D eigenvalue weighted by Crippen LogP contribution is -2.50. The van der Waals surface area contributed by atoms with E-state index in [1.165, 1.54) is 22.5 Å². The lowest BCUT2D eigenvalue weighted by molar-refractivity contribution is 0.0598. The molecule has 0 spiro atoms. The molecule has 4 aromatic carbocycles. The van der Waals surface area contributed by atoms with Gasteiger partial charge in [0.15, 0.2) is 0 Å². The van der Waals surface area contributed by atoms with Crippen molar-refractivity contribution < 1.29 is 13.2 Å². The number of para-hydroxylation sites is 1. The van der Waals surface area contributed by atoms with Crippen molar-refractivity contribution in [3.8, 4) is 0 Å². The van der Waals surface area contributed by atoms with Crippen LogP contribution in [0.3, 0.4) is 0 Å². The Labute approximate surface area is 231 Å². The molecule has 0 bridgehead atoms. The Morgan fingerprint density at radius 2 is 1.23 bits per heavy atom. The molecule has 0 N–H and O–H groups in total. The van der Waals surface area contributed by atoms with E-state index >= 15 is 0 Å². The number of aryl methyl sites for hydroxylation is 1. The van der Waals surface area contributed by atoms with Crippen LogP contribution in [0.25, 0.3) is 0 Å². The fourth-order valence-corrected chi connectivity index (χ4v) is 6.38. The number of hydrogen-bond donors (Lipinski definition) is 0. The van der Waals surface area contributed by atoms with Gasteiger partial charge in [0.05, 0.1) is 22.2 Å². The van der Waals surface area contributed by atoms with E-state index in [4.69, 9.17) is 0 Å². The highest BCUT2D eigenvalue weighted by atomic mass is 32.2. The van der Waals surface area contributed by atoms with Crippen LogP contribution in [0.1, 0.15) is 33.1 Å². The van der Waals surface area contributed by atoms with Crippen LogP contribution >= 0.6 is 0 Å². The normalized spacial score (nSPS) is 14.4. The molecule has 0 saturated carbocycles. The second-order valence-electron chi connectivity index (χ2n) is 9.85. The summed E-state index contributed by atoms with van der Waals surface area (Å²) in [5.74, 6) is -0.160. The van der Waals surface area contributed by atoms with Crippen LogP contribution in [0.5, 0.6) is 0 Å². The molecule has 1 aliphatic heterocycles. The fraction of sp³-hybridized carbons (Fsp3) is 0.219. The first kappa shape index (κ1) is 26.7.